The molecule has 22 heavy (non-hydrogen) atoms. The number of ketones is 2. The van der Waals surface area contributed by atoms with Gasteiger partial charge in [-0.1, -0.05) is 0 Å². The van der Waals surface area contributed by atoms with Crippen molar-refractivity contribution in [1.82, 2.24) is 0 Å². The van der Waals surface area contributed by atoms with E-state index in [1.807, 2.05) is 0 Å². The van der Waals surface area contributed by atoms with Gasteiger partial charge in [-0.3, -0.25) is 9.59 Å². The van der Waals surface area contributed by atoms with Gasteiger partial charge >= 0.3 is 46.3 Å². The number of aliphatic carboxylic acids is 1. The molecule has 0 spiro atoms. The fourth-order valence-electron chi connectivity index (χ4n) is 0.879. The van der Waals surface area contributed by atoms with E-state index in [1.165, 1.54) is 0 Å². The molecule has 0 aromatic rings. The normalized spacial score (nSPS) is 13.3. The largest absolute Gasteiger partial charge is 1.00 e. The van der Waals surface area contributed by atoms with Crippen LogP contribution in [0.4, 0.5) is 39.5 Å². The molecule has 0 radical (unpaired) electrons. The van der Waals surface area contributed by atoms with E-state index in [2.05, 4.69) is 0 Å². The van der Waals surface area contributed by atoms with Gasteiger partial charge in [0.1, 0.15) is 5.97 Å². The molecule has 0 saturated heterocycles. The van der Waals surface area contributed by atoms with Crippen LogP contribution in [0.5, 0.6) is 0 Å². The predicted molar refractivity (Wildman–Crippen MR) is 40.5 cm³/mol. The monoisotopic (exact) mass is 440 g/mol. The Kier molecular flexibility index (Phi) is 6.94. The number of rotatable bonds is 6. The van der Waals surface area contributed by atoms with E-state index in [0.29, 0.717) is 0 Å². The summed E-state index contributed by atoms with van der Waals surface area (Å²) in [6.45, 7) is 0. The number of alkyl halides is 9. The minimum Gasteiger partial charge on any atom is -0.542 e. The molecule has 14 heteroatoms. The van der Waals surface area contributed by atoms with E-state index < -0.39 is 47.9 Å². The topological polar surface area (TPSA) is 74.3 Å². The molecule has 0 fully saturated rings. The Morgan fingerprint density at radius 2 is 1.14 bits per heavy atom. The van der Waals surface area contributed by atoms with Gasteiger partial charge in [0, 0.05) is 0 Å². The van der Waals surface area contributed by atoms with Crippen LogP contribution in [0, 0.1) is 0 Å². The maximum absolute atomic E-state index is 12.8. The molecule has 0 amide bonds. The van der Waals surface area contributed by atoms with Gasteiger partial charge in [0.05, 0.1) is 6.42 Å². The van der Waals surface area contributed by atoms with E-state index in [0.717, 1.165) is 0 Å². The quantitative estimate of drug-likeness (QED) is 0.264. The Bertz CT molecular complexity index is 471. The summed E-state index contributed by atoms with van der Waals surface area (Å²) in [6.07, 6.45) is -9.67. The molecule has 0 N–H and O–H groups in total. The van der Waals surface area contributed by atoms with Crippen molar-refractivity contribution in [3.05, 3.63) is 0 Å². The second-order valence-electron chi connectivity index (χ2n) is 3.53. The summed E-state index contributed by atoms with van der Waals surface area (Å²) in [5.74, 6) is -29.9. The van der Waals surface area contributed by atoms with E-state index in [-0.39, 0.29) is 22.4 Å². The number of carbonyl (C=O) groups excluding carboxylic acids is 3. The van der Waals surface area contributed by atoms with E-state index >= 15 is 0 Å². The summed E-state index contributed by atoms with van der Waals surface area (Å²) in [6, 6.07) is 0. The van der Waals surface area contributed by atoms with Crippen LogP contribution in [0.1, 0.15) is 6.42 Å². The van der Waals surface area contributed by atoms with Crippen LogP contribution in [0.3, 0.4) is 0 Å². The molecule has 0 aromatic heterocycles. The number of carboxylic acid groups (broad SMARTS) is 1. The third kappa shape index (κ3) is 3.81. The second-order valence-corrected chi connectivity index (χ2v) is 3.53. The van der Waals surface area contributed by atoms with Gasteiger partial charge in [0.15, 0.2) is 5.78 Å². The summed E-state index contributed by atoms with van der Waals surface area (Å²) in [5.41, 5.74) is 0. The van der Waals surface area contributed by atoms with Crippen molar-refractivity contribution < 1.29 is 81.4 Å². The number of halogens is 9. The van der Waals surface area contributed by atoms with Gasteiger partial charge in [0.2, 0.25) is 5.78 Å². The second kappa shape index (κ2) is 6.58. The zero-order valence-corrected chi connectivity index (χ0v) is 11.0. The SMILES string of the molecule is O=C([O-])C(=O)CC(=O)C(F)(F)C(F)(F)C(F)(F)C(F)(F)F.[Ag+]. The first-order chi connectivity index (χ1) is 9.00. The third-order valence-electron chi connectivity index (χ3n) is 2.04. The summed E-state index contributed by atoms with van der Waals surface area (Å²) in [4.78, 5) is 30.7. The number of carboxylic acids is 1. The first kappa shape index (κ1) is 23.2. The molecule has 132 valence electrons. The van der Waals surface area contributed by atoms with Crippen LogP contribution in [0.15, 0.2) is 0 Å². The molecule has 0 bridgehead atoms. The molecule has 0 aliphatic carbocycles. The number of carbonyl (C=O) groups is 3. The minimum absolute atomic E-state index is 0. The molecule has 0 aromatic carbocycles. The summed E-state index contributed by atoms with van der Waals surface area (Å²) >= 11 is 0. The Morgan fingerprint density at radius 3 is 1.41 bits per heavy atom. The minimum atomic E-state index is -7.30. The van der Waals surface area contributed by atoms with Crippen molar-refractivity contribution in [3.8, 4) is 0 Å². The summed E-state index contributed by atoms with van der Waals surface area (Å²) < 4.78 is 111. The molecule has 0 aliphatic rings. The van der Waals surface area contributed by atoms with Crippen LogP contribution in [0.25, 0.3) is 0 Å². The van der Waals surface area contributed by atoms with Crippen LogP contribution < -0.4 is 5.11 Å². The van der Waals surface area contributed by atoms with E-state index in [9.17, 15) is 59.0 Å². The Hall–Kier alpha value is -1.08. The fraction of sp³-hybridized carbons (Fsp3) is 0.625. The van der Waals surface area contributed by atoms with Crippen molar-refractivity contribution >= 4 is 17.5 Å². The zero-order valence-electron chi connectivity index (χ0n) is 9.54. The van der Waals surface area contributed by atoms with Crippen LogP contribution in [-0.2, 0) is 36.8 Å². The maximum atomic E-state index is 12.8. The Labute approximate surface area is 130 Å². The van der Waals surface area contributed by atoms with Crippen molar-refractivity contribution in [1.29, 1.82) is 0 Å². The standard InChI is InChI=1S/C8H3F9O4.Ag/c9-5(10,3(19)1-2(18)4(20)21)6(11,12)7(13,14)8(15,16)17;/h1H2,(H,20,21);/q;+1/p-1. The molecule has 4 nitrogen and oxygen atoms in total. The van der Waals surface area contributed by atoms with Crippen LogP contribution >= 0.6 is 0 Å². The molecule has 0 rings (SSSR count). The van der Waals surface area contributed by atoms with Gasteiger partial charge in [-0.25, -0.2) is 0 Å². The molecular formula is C8H2AgF9O4. The Balaban J connectivity index is 0. The van der Waals surface area contributed by atoms with Crippen LogP contribution in [-0.4, -0.2) is 41.5 Å². The van der Waals surface area contributed by atoms with E-state index in [4.69, 9.17) is 0 Å². The molecule has 0 aliphatic heterocycles. The fourth-order valence-corrected chi connectivity index (χ4v) is 0.879. The average molecular weight is 441 g/mol. The van der Waals surface area contributed by atoms with Crippen molar-refractivity contribution in [3.63, 3.8) is 0 Å². The van der Waals surface area contributed by atoms with Crippen molar-refractivity contribution in [2.75, 3.05) is 0 Å². The molecule has 0 heterocycles. The molecular weight excluding hydrogens is 439 g/mol. The first-order valence-electron chi connectivity index (χ1n) is 4.47. The maximum Gasteiger partial charge on any atom is 1.00 e. The van der Waals surface area contributed by atoms with Gasteiger partial charge in [-0.05, 0) is 0 Å². The van der Waals surface area contributed by atoms with Gasteiger partial charge in [-0.15, -0.1) is 0 Å². The van der Waals surface area contributed by atoms with E-state index in [1.54, 1.807) is 0 Å². The average Bonchev–Trinajstić information content (AvgIpc) is 2.26. The number of hydrogen-bond acceptors (Lipinski definition) is 4. The smallest absolute Gasteiger partial charge is 0.542 e. The van der Waals surface area contributed by atoms with Crippen molar-refractivity contribution in [2.45, 2.75) is 30.4 Å². The van der Waals surface area contributed by atoms with Gasteiger partial charge in [0.25, 0.3) is 0 Å². The zero-order chi connectivity index (χ0) is 17.4. The third-order valence-corrected chi connectivity index (χ3v) is 2.04. The molecule has 0 unspecified atom stereocenters. The van der Waals surface area contributed by atoms with Crippen LogP contribution in [0.2, 0.25) is 0 Å². The molecule has 0 atom stereocenters. The van der Waals surface area contributed by atoms with Gasteiger partial charge in [-0.2, -0.15) is 39.5 Å². The Morgan fingerprint density at radius 1 is 0.773 bits per heavy atom. The molecule has 0 saturated carbocycles. The number of Topliss-reactive ketones (excluding diaryl/α,β-unsaturated/α-hetero) is 2. The van der Waals surface area contributed by atoms with Gasteiger partial charge < -0.3 is 9.90 Å². The number of hydrogen-bond donors (Lipinski definition) is 0. The predicted octanol–water partition coefficient (Wildman–Crippen LogP) is 0.730. The first-order valence-corrected chi connectivity index (χ1v) is 4.47. The summed E-state index contributed by atoms with van der Waals surface area (Å²) in [7, 11) is 0. The summed E-state index contributed by atoms with van der Waals surface area (Å²) in [5, 5.41) is 9.79. The van der Waals surface area contributed by atoms with Crippen molar-refractivity contribution in [2.24, 2.45) is 0 Å².